The molecule has 1 unspecified atom stereocenters. The highest BCUT2D eigenvalue weighted by Crippen LogP contribution is 2.13. The third-order valence-corrected chi connectivity index (χ3v) is 5.73. The average molecular weight is 375 g/mol. The van der Waals surface area contributed by atoms with E-state index in [1.54, 1.807) is 19.1 Å². The van der Waals surface area contributed by atoms with Crippen LogP contribution in [0.2, 0.25) is 0 Å². The molecular formula is C20H26N2O3S. The van der Waals surface area contributed by atoms with Crippen LogP contribution in [0.4, 0.5) is 0 Å². The standard InChI is InChI=1S/C20H26N2O3S/c1-3-16(2)22-26(24,25)19-13-7-12-18(15-19)20(23)21-14-8-11-17-9-5-4-6-10-17/h4-7,9-10,12-13,15-16,22H,3,8,11,14H2,1-2H3,(H,21,23). The lowest BCUT2D eigenvalue weighted by Crippen LogP contribution is -2.32. The maximum atomic E-state index is 12.4. The minimum atomic E-state index is -3.62. The summed E-state index contributed by atoms with van der Waals surface area (Å²) in [5.74, 6) is -0.265. The fourth-order valence-electron chi connectivity index (χ4n) is 2.46. The maximum absolute atomic E-state index is 12.4. The van der Waals surface area contributed by atoms with E-state index in [9.17, 15) is 13.2 Å². The van der Waals surface area contributed by atoms with Crippen molar-refractivity contribution in [2.45, 2.75) is 44.0 Å². The number of amides is 1. The fraction of sp³-hybridized carbons (Fsp3) is 0.350. The number of carbonyl (C=O) groups is 1. The van der Waals surface area contributed by atoms with E-state index in [2.05, 4.69) is 22.2 Å². The number of rotatable bonds is 9. The molecule has 1 amide bonds. The summed E-state index contributed by atoms with van der Waals surface area (Å²) >= 11 is 0. The molecule has 1 atom stereocenters. The number of benzene rings is 2. The molecule has 2 rings (SSSR count). The normalized spacial score (nSPS) is 12.5. The summed E-state index contributed by atoms with van der Waals surface area (Å²) in [4.78, 5) is 12.4. The van der Waals surface area contributed by atoms with Crippen molar-refractivity contribution in [2.24, 2.45) is 0 Å². The quantitative estimate of drug-likeness (QED) is 0.662. The van der Waals surface area contributed by atoms with Gasteiger partial charge >= 0.3 is 0 Å². The summed E-state index contributed by atoms with van der Waals surface area (Å²) in [6.45, 7) is 4.25. The van der Waals surface area contributed by atoms with Gasteiger partial charge in [-0.15, -0.1) is 0 Å². The molecule has 2 aromatic rings. The van der Waals surface area contributed by atoms with E-state index in [1.165, 1.54) is 17.7 Å². The van der Waals surface area contributed by atoms with Gasteiger partial charge < -0.3 is 5.32 Å². The summed E-state index contributed by atoms with van der Waals surface area (Å²) in [5, 5.41) is 2.85. The highest BCUT2D eigenvalue weighted by atomic mass is 32.2. The van der Waals surface area contributed by atoms with Gasteiger partial charge in [0, 0.05) is 18.2 Å². The van der Waals surface area contributed by atoms with Crippen molar-refractivity contribution in [3.05, 3.63) is 65.7 Å². The Hall–Kier alpha value is -2.18. The van der Waals surface area contributed by atoms with Crippen LogP contribution in [-0.2, 0) is 16.4 Å². The molecule has 0 saturated carbocycles. The van der Waals surface area contributed by atoms with Crippen LogP contribution in [-0.4, -0.2) is 26.9 Å². The van der Waals surface area contributed by atoms with Crippen LogP contribution in [0.5, 0.6) is 0 Å². The van der Waals surface area contributed by atoms with Crippen LogP contribution < -0.4 is 10.0 Å². The Morgan fingerprint density at radius 2 is 1.81 bits per heavy atom. The Morgan fingerprint density at radius 3 is 2.50 bits per heavy atom. The van der Waals surface area contributed by atoms with Crippen LogP contribution in [0.1, 0.15) is 42.6 Å². The predicted molar refractivity (Wildman–Crippen MR) is 104 cm³/mol. The Labute approximate surface area is 155 Å². The molecule has 0 aromatic heterocycles. The van der Waals surface area contributed by atoms with Gasteiger partial charge in [-0.3, -0.25) is 4.79 Å². The highest BCUT2D eigenvalue weighted by molar-refractivity contribution is 7.89. The van der Waals surface area contributed by atoms with Gasteiger partial charge in [0.05, 0.1) is 4.90 Å². The van der Waals surface area contributed by atoms with E-state index in [0.29, 0.717) is 18.5 Å². The molecule has 6 heteroatoms. The number of aryl methyl sites for hydroxylation is 1. The minimum Gasteiger partial charge on any atom is -0.352 e. The monoisotopic (exact) mass is 374 g/mol. The van der Waals surface area contributed by atoms with Crippen molar-refractivity contribution in [3.63, 3.8) is 0 Å². The molecule has 5 nitrogen and oxygen atoms in total. The molecule has 0 fully saturated rings. The second kappa shape index (κ2) is 9.50. The van der Waals surface area contributed by atoms with Gasteiger partial charge in [0.25, 0.3) is 5.91 Å². The zero-order chi connectivity index (χ0) is 19.0. The second-order valence-corrected chi connectivity index (χ2v) is 8.02. The Bertz CT molecular complexity index is 820. The Kier molecular flexibility index (Phi) is 7.36. The third-order valence-electron chi connectivity index (χ3n) is 4.15. The predicted octanol–water partition coefficient (Wildman–Crippen LogP) is 3.13. The van der Waals surface area contributed by atoms with E-state index in [0.717, 1.165) is 12.8 Å². The van der Waals surface area contributed by atoms with Crippen LogP contribution in [0, 0.1) is 0 Å². The molecule has 0 spiro atoms. The summed E-state index contributed by atoms with van der Waals surface area (Å²) in [7, 11) is -3.62. The molecule has 0 saturated heterocycles. The molecule has 0 bridgehead atoms. The van der Waals surface area contributed by atoms with E-state index in [1.807, 2.05) is 25.1 Å². The Morgan fingerprint density at radius 1 is 1.08 bits per heavy atom. The molecular weight excluding hydrogens is 348 g/mol. The van der Waals surface area contributed by atoms with Gasteiger partial charge in [0.15, 0.2) is 0 Å². The van der Waals surface area contributed by atoms with Gasteiger partial charge in [-0.05, 0) is 49.9 Å². The van der Waals surface area contributed by atoms with Crippen LogP contribution in [0.3, 0.4) is 0 Å². The van der Waals surface area contributed by atoms with E-state index in [-0.39, 0.29) is 16.8 Å². The average Bonchev–Trinajstić information content (AvgIpc) is 2.65. The Balaban J connectivity index is 1.93. The molecule has 0 aliphatic rings. The molecule has 2 N–H and O–H groups in total. The molecule has 26 heavy (non-hydrogen) atoms. The van der Waals surface area contributed by atoms with Gasteiger partial charge in [-0.1, -0.05) is 43.3 Å². The third kappa shape index (κ3) is 5.97. The van der Waals surface area contributed by atoms with Gasteiger partial charge in [0.2, 0.25) is 10.0 Å². The second-order valence-electron chi connectivity index (χ2n) is 6.30. The highest BCUT2D eigenvalue weighted by Gasteiger charge is 2.18. The number of hydrogen-bond donors (Lipinski definition) is 2. The lowest BCUT2D eigenvalue weighted by atomic mass is 10.1. The lowest BCUT2D eigenvalue weighted by molar-refractivity contribution is 0.0953. The lowest BCUT2D eigenvalue weighted by Gasteiger charge is -2.13. The van der Waals surface area contributed by atoms with Crippen LogP contribution >= 0.6 is 0 Å². The first kappa shape index (κ1) is 20.1. The maximum Gasteiger partial charge on any atom is 0.251 e. The molecule has 0 heterocycles. The largest absolute Gasteiger partial charge is 0.352 e. The van der Waals surface area contributed by atoms with Gasteiger partial charge in [-0.25, -0.2) is 13.1 Å². The van der Waals surface area contributed by atoms with Crippen molar-refractivity contribution >= 4 is 15.9 Å². The van der Waals surface area contributed by atoms with Crippen molar-refractivity contribution in [3.8, 4) is 0 Å². The van der Waals surface area contributed by atoms with Crippen molar-refractivity contribution < 1.29 is 13.2 Å². The SMILES string of the molecule is CCC(C)NS(=O)(=O)c1cccc(C(=O)NCCCc2ccccc2)c1. The minimum absolute atomic E-state index is 0.106. The van der Waals surface area contributed by atoms with E-state index >= 15 is 0 Å². The van der Waals surface area contributed by atoms with Crippen LogP contribution in [0.25, 0.3) is 0 Å². The first-order valence-electron chi connectivity index (χ1n) is 8.87. The summed E-state index contributed by atoms with van der Waals surface area (Å²) < 4.78 is 27.3. The zero-order valence-corrected chi connectivity index (χ0v) is 16.1. The number of hydrogen-bond acceptors (Lipinski definition) is 3. The van der Waals surface area contributed by atoms with Gasteiger partial charge in [-0.2, -0.15) is 0 Å². The summed E-state index contributed by atoms with van der Waals surface area (Å²) in [5.41, 5.74) is 1.57. The summed E-state index contributed by atoms with van der Waals surface area (Å²) in [6, 6.07) is 16.0. The first-order chi connectivity index (χ1) is 12.4. The molecule has 2 aromatic carbocycles. The van der Waals surface area contributed by atoms with E-state index in [4.69, 9.17) is 0 Å². The molecule has 0 radical (unpaired) electrons. The van der Waals surface area contributed by atoms with E-state index < -0.39 is 10.0 Å². The van der Waals surface area contributed by atoms with Gasteiger partial charge in [0.1, 0.15) is 0 Å². The first-order valence-corrected chi connectivity index (χ1v) is 10.3. The van der Waals surface area contributed by atoms with Crippen molar-refractivity contribution in [1.29, 1.82) is 0 Å². The topological polar surface area (TPSA) is 75.3 Å². The molecule has 0 aliphatic carbocycles. The number of carbonyl (C=O) groups excluding carboxylic acids is 1. The summed E-state index contributed by atoms with van der Waals surface area (Å²) in [6.07, 6.45) is 2.40. The fourth-order valence-corrected chi connectivity index (χ4v) is 3.83. The van der Waals surface area contributed by atoms with Crippen molar-refractivity contribution in [2.75, 3.05) is 6.54 Å². The number of nitrogens with one attached hydrogen (secondary N) is 2. The smallest absolute Gasteiger partial charge is 0.251 e. The number of sulfonamides is 1. The molecule has 0 aliphatic heterocycles. The van der Waals surface area contributed by atoms with Crippen molar-refractivity contribution in [1.82, 2.24) is 10.0 Å². The zero-order valence-electron chi connectivity index (χ0n) is 15.2. The molecule has 140 valence electrons. The van der Waals surface area contributed by atoms with Crippen LogP contribution in [0.15, 0.2) is 59.5 Å².